The maximum absolute atomic E-state index is 12.5. The minimum atomic E-state index is -4.41. The van der Waals surface area contributed by atoms with Crippen LogP contribution in [0.25, 0.3) is 0 Å². The van der Waals surface area contributed by atoms with E-state index in [1.54, 1.807) is 0 Å². The largest absolute Gasteiger partial charge is 0.416 e. The average molecular weight is 365 g/mol. The number of piperazine rings is 1. The Balaban J connectivity index is 1.63. The molecule has 1 N–H and O–H groups in total. The smallest absolute Gasteiger partial charge is 0.338 e. The van der Waals surface area contributed by atoms with Crippen LogP contribution in [0.2, 0.25) is 0 Å². The maximum atomic E-state index is 12.5. The molecule has 1 amide bonds. The molecule has 0 unspecified atom stereocenters. The molecule has 2 aromatic rings. The lowest BCUT2D eigenvalue weighted by Crippen LogP contribution is -2.45. The highest BCUT2D eigenvalue weighted by molar-refractivity contribution is 6.03. The summed E-state index contributed by atoms with van der Waals surface area (Å²) in [5.74, 6) is 0.0823. The molecule has 0 spiro atoms. The summed E-state index contributed by atoms with van der Waals surface area (Å²) in [6.07, 6.45) is -1.57. The lowest BCUT2D eigenvalue weighted by molar-refractivity contribution is -0.137. The van der Waals surface area contributed by atoms with Crippen molar-refractivity contribution in [2.75, 3.05) is 43.4 Å². The van der Waals surface area contributed by atoms with E-state index in [-0.39, 0.29) is 11.3 Å². The summed E-state index contributed by atoms with van der Waals surface area (Å²) >= 11 is 0. The fourth-order valence-corrected chi connectivity index (χ4v) is 2.55. The Morgan fingerprint density at radius 3 is 2.15 bits per heavy atom. The summed E-state index contributed by atoms with van der Waals surface area (Å²) in [5, 5.41) is 2.54. The molecule has 2 heterocycles. The summed E-state index contributed by atoms with van der Waals surface area (Å²) < 4.78 is 37.6. The molecule has 1 saturated heterocycles. The van der Waals surface area contributed by atoms with Crippen LogP contribution in [-0.4, -0.2) is 54.0 Å². The molecule has 1 fully saturated rings. The zero-order chi connectivity index (χ0) is 18.7. The van der Waals surface area contributed by atoms with Gasteiger partial charge < -0.3 is 15.1 Å². The number of amides is 1. The number of alkyl halides is 3. The van der Waals surface area contributed by atoms with Crippen molar-refractivity contribution in [2.45, 2.75) is 6.18 Å². The highest BCUT2D eigenvalue weighted by atomic mass is 19.4. The number of hydrogen-bond donors (Lipinski definition) is 1. The molecule has 1 aliphatic rings. The summed E-state index contributed by atoms with van der Waals surface area (Å²) in [5.41, 5.74) is -0.260. The first-order chi connectivity index (χ1) is 12.3. The number of rotatable bonds is 3. The molecule has 0 bridgehead atoms. The van der Waals surface area contributed by atoms with Gasteiger partial charge in [0.1, 0.15) is 0 Å². The van der Waals surface area contributed by atoms with E-state index in [0.717, 1.165) is 38.3 Å². The lowest BCUT2D eigenvalue weighted by Gasteiger charge is -2.32. The Labute approximate surface area is 148 Å². The van der Waals surface area contributed by atoms with Gasteiger partial charge in [-0.15, -0.1) is 0 Å². The highest BCUT2D eigenvalue weighted by Gasteiger charge is 2.30. The van der Waals surface area contributed by atoms with Crippen LogP contribution in [-0.2, 0) is 6.18 Å². The van der Waals surface area contributed by atoms with Gasteiger partial charge in [-0.05, 0) is 31.3 Å². The second-order valence-corrected chi connectivity index (χ2v) is 6.09. The third kappa shape index (κ3) is 4.29. The molecule has 0 saturated carbocycles. The van der Waals surface area contributed by atoms with E-state index in [4.69, 9.17) is 0 Å². The predicted octanol–water partition coefficient (Wildman–Crippen LogP) is 2.50. The third-order valence-electron chi connectivity index (χ3n) is 4.16. The zero-order valence-corrected chi connectivity index (χ0v) is 14.1. The number of likely N-dealkylation sites (N-methyl/N-ethyl adjacent to an activating group) is 1. The van der Waals surface area contributed by atoms with Crippen LogP contribution in [0.4, 0.5) is 24.8 Å². The van der Waals surface area contributed by atoms with E-state index in [0.29, 0.717) is 5.95 Å². The first kappa shape index (κ1) is 18.1. The predicted molar refractivity (Wildman–Crippen MR) is 91.1 cm³/mol. The number of nitrogens with zero attached hydrogens (tertiary/aromatic N) is 4. The van der Waals surface area contributed by atoms with Gasteiger partial charge in [-0.3, -0.25) is 4.79 Å². The fraction of sp³-hybridized carbons (Fsp3) is 0.353. The van der Waals surface area contributed by atoms with E-state index in [1.165, 1.54) is 24.5 Å². The Morgan fingerprint density at radius 1 is 1.04 bits per heavy atom. The first-order valence-corrected chi connectivity index (χ1v) is 8.07. The van der Waals surface area contributed by atoms with Gasteiger partial charge in [0.25, 0.3) is 5.91 Å². The highest BCUT2D eigenvalue weighted by Crippen LogP contribution is 2.29. The topological polar surface area (TPSA) is 61.4 Å². The van der Waals surface area contributed by atoms with Crippen LogP contribution in [0.1, 0.15) is 15.9 Å². The van der Waals surface area contributed by atoms with E-state index in [9.17, 15) is 18.0 Å². The molecule has 0 atom stereocenters. The van der Waals surface area contributed by atoms with Crippen LogP contribution in [0, 0.1) is 0 Å². The molecule has 138 valence electrons. The summed E-state index contributed by atoms with van der Waals surface area (Å²) in [4.78, 5) is 24.9. The molecule has 1 aliphatic heterocycles. The molecule has 9 heteroatoms. The van der Waals surface area contributed by atoms with Crippen LogP contribution in [0.5, 0.6) is 0 Å². The van der Waals surface area contributed by atoms with Crippen LogP contribution < -0.4 is 10.2 Å². The number of carbonyl (C=O) groups excluding carboxylic acids is 1. The number of carbonyl (C=O) groups is 1. The number of halogens is 3. The monoisotopic (exact) mass is 365 g/mol. The molecular weight excluding hydrogens is 347 g/mol. The van der Waals surface area contributed by atoms with Crippen molar-refractivity contribution in [1.82, 2.24) is 14.9 Å². The van der Waals surface area contributed by atoms with E-state index in [1.807, 2.05) is 11.9 Å². The minimum Gasteiger partial charge on any atom is -0.338 e. The van der Waals surface area contributed by atoms with Gasteiger partial charge in [-0.25, -0.2) is 9.97 Å². The normalized spacial score (nSPS) is 15.8. The SMILES string of the molecule is CN1CCN(c2ncc(C(=O)Nc3ccc(C(F)(F)F)cc3)cn2)CC1. The van der Waals surface area contributed by atoms with Crippen LogP contribution in [0.15, 0.2) is 36.7 Å². The van der Waals surface area contributed by atoms with Gasteiger partial charge in [0.05, 0.1) is 11.1 Å². The molecule has 26 heavy (non-hydrogen) atoms. The minimum absolute atomic E-state index is 0.239. The second kappa shape index (κ2) is 7.28. The van der Waals surface area contributed by atoms with Crippen molar-refractivity contribution in [1.29, 1.82) is 0 Å². The third-order valence-corrected chi connectivity index (χ3v) is 4.16. The van der Waals surface area contributed by atoms with E-state index < -0.39 is 17.6 Å². The molecule has 1 aromatic heterocycles. The summed E-state index contributed by atoms with van der Waals surface area (Å²) in [6, 6.07) is 4.26. The van der Waals surface area contributed by atoms with Gasteiger partial charge in [-0.1, -0.05) is 0 Å². The average Bonchev–Trinajstić information content (AvgIpc) is 2.62. The first-order valence-electron chi connectivity index (χ1n) is 8.07. The number of benzene rings is 1. The molecule has 0 radical (unpaired) electrons. The number of hydrogen-bond acceptors (Lipinski definition) is 5. The Morgan fingerprint density at radius 2 is 1.62 bits per heavy atom. The van der Waals surface area contributed by atoms with Crippen molar-refractivity contribution in [3.63, 3.8) is 0 Å². The van der Waals surface area contributed by atoms with Crippen molar-refractivity contribution in [3.05, 3.63) is 47.8 Å². The van der Waals surface area contributed by atoms with Gasteiger partial charge in [0.15, 0.2) is 0 Å². The Hall–Kier alpha value is -2.68. The quantitative estimate of drug-likeness (QED) is 0.906. The Kier molecular flexibility index (Phi) is 5.08. The van der Waals surface area contributed by atoms with E-state index in [2.05, 4.69) is 20.2 Å². The van der Waals surface area contributed by atoms with Gasteiger partial charge in [-0.2, -0.15) is 13.2 Å². The second-order valence-electron chi connectivity index (χ2n) is 6.09. The summed E-state index contributed by atoms with van der Waals surface area (Å²) in [6.45, 7) is 3.46. The van der Waals surface area contributed by atoms with Gasteiger partial charge in [0.2, 0.25) is 5.95 Å². The van der Waals surface area contributed by atoms with Crippen molar-refractivity contribution >= 4 is 17.5 Å². The van der Waals surface area contributed by atoms with Crippen molar-refractivity contribution < 1.29 is 18.0 Å². The molecule has 3 rings (SSSR count). The molecule has 0 aliphatic carbocycles. The fourth-order valence-electron chi connectivity index (χ4n) is 2.55. The van der Waals surface area contributed by atoms with E-state index >= 15 is 0 Å². The van der Waals surface area contributed by atoms with Crippen LogP contribution in [0.3, 0.4) is 0 Å². The lowest BCUT2D eigenvalue weighted by atomic mass is 10.2. The summed E-state index contributed by atoms with van der Waals surface area (Å²) in [7, 11) is 2.05. The van der Waals surface area contributed by atoms with Gasteiger partial charge in [0, 0.05) is 44.3 Å². The molecular formula is C17H18F3N5O. The van der Waals surface area contributed by atoms with Gasteiger partial charge >= 0.3 is 6.18 Å². The molecule has 6 nitrogen and oxygen atoms in total. The Bertz CT molecular complexity index is 753. The standard InChI is InChI=1S/C17H18F3N5O/c1-24-6-8-25(9-7-24)16-21-10-12(11-22-16)15(26)23-14-4-2-13(3-5-14)17(18,19)20/h2-5,10-11H,6-9H2,1H3,(H,23,26). The number of anilines is 2. The zero-order valence-electron chi connectivity index (χ0n) is 14.1. The number of nitrogens with one attached hydrogen (secondary N) is 1. The number of aromatic nitrogens is 2. The van der Waals surface area contributed by atoms with Crippen molar-refractivity contribution in [3.8, 4) is 0 Å². The van der Waals surface area contributed by atoms with Crippen molar-refractivity contribution in [2.24, 2.45) is 0 Å². The molecule has 1 aromatic carbocycles. The van der Waals surface area contributed by atoms with Crippen LogP contribution >= 0.6 is 0 Å². The maximum Gasteiger partial charge on any atom is 0.416 e.